The average Bonchev–Trinajstić information content (AvgIpc) is 3.64. The molecule has 0 saturated heterocycles. The van der Waals surface area contributed by atoms with Gasteiger partial charge in [-0.25, -0.2) is 8.78 Å². The molecule has 1 aliphatic carbocycles. The second kappa shape index (κ2) is 8.35. The van der Waals surface area contributed by atoms with Gasteiger partial charge in [0.1, 0.15) is 22.7 Å². The Bertz CT molecular complexity index is 1500. The van der Waals surface area contributed by atoms with Gasteiger partial charge in [-0.05, 0) is 66.9 Å². The maximum atomic E-state index is 15.1. The van der Waals surface area contributed by atoms with Crippen LogP contribution < -0.4 is 15.8 Å². The molecule has 4 N–H and O–H groups in total. The first-order chi connectivity index (χ1) is 16.8. The van der Waals surface area contributed by atoms with Crippen LogP contribution in [0, 0.1) is 17.0 Å². The number of benzene rings is 3. The number of aromatic nitrogens is 1. The molecule has 1 heterocycles. The molecule has 7 nitrogen and oxygen atoms in total. The zero-order valence-electron chi connectivity index (χ0n) is 18.2. The Balaban J connectivity index is 1.46. The first-order valence-corrected chi connectivity index (χ1v) is 10.7. The van der Waals surface area contributed by atoms with Gasteiger partial charge in [-0.15, -0.1) is 0 Å². The Labute approximate surface area is 198 Å². The Morgan fingerprint density at radius 1 is 1.00 bits per heavy atom. The lowest BCUT2D eigenvalue weighted by molar-refractivity contribution is -0.132. The average molecular weight is 475 g/mol. The summed E-state index contributed by atoms with van der Waals surface area (Å²) in [6.45, 7) is 0. The van der Waals surface area contributed by atoms with Crippen LogP contribution in [0.25, 0.3) is 22.0 Å². The summed E-state index contributed by atoms with van der Waals surface area (Å²) in [6.07, 6.45) is 2.16. The highest BCUT2D eigenvalue weighted by molar-refractivity contribution is 6.13. The van der Waals surface area contributed by atoms with Crippen molar-refractivity contribution in [1.82, 2.24) is 4.98 Å². The highest BCUT2D eigenvalue weighted by Crippen LogP contribution is 2.46. The molecule has 0 bridgehead atoms. The van der Waals surface area contributed by atoms with E-state index in [9.17, 15) is 19.1 Å². The molecule has 5 rings (SSSR count). The van der Waals surface area contributed by atoms with E-state index in [0.717, 1.165) is 18.2 Å². The number of carbonyl (C=O) groups excluding carboxylic acids is 2. The Hall–Kier alpha value is -4.53. The molecule has 1 aromatic heterocycles. The Kier molecular flexibility index (Phi) is 5.32. The fourth-order valence-corrected chi connectivity index (χ4v) is 3.89. The molecule has 3 aromatic carbocycles. The lowest BCUT2D eigenvalue weighted by Crippen LogP contribution is -2.36. The van der Waals surface area contributed by atoms with E-state index in [0.29, 0.717) is 29.5 Å². The number of fused-ring (bicyclic) bond motifs is 1. The fourth-order valence-electron chi connectivity index (χ4n) is 3.89. The molecular formula is C26H19F2N3O4. The molecule has 1 aliphatic rings. The van der Waals surface area contributed by atoms with Crippen LogP contribution in [0.5, 0.6) is 17.2 Å². The van der Waals surface area contributed by atoms with Gasteiger partial charge in [-0.3, -0.25) is 14.6 Å². The van der Waals surface area contributed by atoms with Crippen molar-refractivity contribution in [2.45, 2.75) is 12.8 Å². The topological polar surface area (TPSA) is 115 Å². The summed E-state index contributed by atoms with van der Waals surface area (Å²) < 4.78 is 34.9. The van der Waals surface area contributed by atoms with Gasteiger partial charge in [0.15, 0.2) is 11.6 Å². The summed E-state index contributed by atoms with van der Waals surface area (Å²) in [5.74, 6) is -2.30. The van der Waals surface area contributed by atoms with E-state index >= 15 is 4.39 Å². The maximum Gasteiger partial charge on any atom is 0.240 e. The minimum Gasteiger partial charge on any atom is -0.508 e. The second-order valence-corrected chi connectivity index (χ2v) is 8.35. The first-order valence-electron chi connectivity index (χ1n) is 10.7. The lowest BCUT2D eigenvalue weighted by atomic mass is 10.0. The first kappa shape index (κ1) is 22.3. The number of amides is 2. The molecule has 1 fully saturated rings. The maximum absolute atomic E-state index is 15.1. The van der Waals surface area contributed by atoms with Gasteiger partial charge in [0.2, 0.25) is 11.8 Å². The van der Waals surface area contributed by atoms with E-state index in [1.165, 1.54) is 36.5 Å². The normalized spacial score (nSPS) is 13.9. The molecule has 0 aliphatic heterocycles. The van der Waals surface area contributed by atoms with E-state index in [1.54, 1.807) is 12.1 Å². The number of hydrogen-bond donors (Lipinski definition) is 3. The van der Waals surface area contributed by atoms with Crippen molar-refractivity contribution in [3.05, 3.63) is 78.5 Å². The zero-order chi connectivity index (χ0) is 24.7. The Morgan fingerprint density at radius 3 is 2.51 bits per heavy atom. The molecule has 0 radical (unpaired) electrons. The minimum absolute atomic E-state index is 0.0408. The van der Waals surface area contributed by atoms with Crippen LogP contribution in [0.15, 0.2) is 66.9 Å². The second-order valence-electron chi connectivity index (χ2n) is 8.35. The SMILES string of the molecule is NC(=O)C1(C(=O)Nc2ccc(F)cc2-c2ccc(Oc3ccnc4cc(O)ccc34)c(F)c2)CC1. The van der Waals surface area contributed by atoms with Gasteiger partial charge in [0, 0.05) is 28.9 Å². The fraction of sp³-hybridized carbons (Fsp3) is 0.115. The van der Waals surface area contributed by atoms with Crippen molar-refractivity contribution >= 4 is 28.4 Å². The van der Waals surface area contributed by atoms with Crippen molar-refractivity contribution < 1.29 is 28.2 Å². The monoisotopic (exact) mass is 475 g/mol. The number of nitrogens with zero attached hydrogens (tertiary/aromatic N) is 1. The molecule has 9 heteroatoms. The summed E-state index contributed by atoms with van der Waals surface area (Å²) in [7, 11) is 0. The summed E-state index contributed by atoms with van der Waals surface area (Å²) in [4.78, 5) is 28.5. The third-order valence-corrected chi connectivity index (χ3v) is 6.04. The number of aromatic hydroxyl groups is 1. The molecule has 4 aromatic rings. The summed E-state index contributed by atoms with van der Waals surface area (Å²) in [5, 5.41) is 12.9. The molecule has 2 amide bonds. The molecule has 0 atom stereocenters. The lowest BCUT2D eigenvalue weighted by Gasteiger charge is -2.16. The number of primary amides is 1. The van der Waals surface area contributed by atoms with Gasteiger partial charge in [0.05, 0.1) is 5.52 Å². The number of phenolic OH excluding ortho intramolecular Hbond substituents is 1. The van der Waals surface area contributed by atoms with E-state index in [-0.39, 0.29) is 28.3 Å². The number of pyridine rings is 1. The van der Waals surface area contributed by atoms with Crippen molar-refractivity contribution in [3.63, 3.8) is 0 Å². The van der Waals surface area contributed by atoms with Gasteiger partial charge in [-0.1, -0.05) is 6.07 Å². The van der Waals surface area contributed by atoms with E-state index in [1.807, 2.05) is 0 Å². The highest BCUT2D eigenvalue weighted by Gasteiger charge is 2.55. The molecule has 35 heavy (non-hydrogen) atoms. The van der Waals surface area contributed by atoms with Crippen LogP contribution in [-0.4, -0.2) is 21.9 Å². The predicted molar refractivity (Wildman–Crippen MR) is 125 cm³/mol. The van der Waals surface area contributed by atoms with Gasteiger partial charge >= 0.3 is 0 Å². The number of nitrogens with one attached hydrogen (secondary N) is 1. The van der Waals surface area contributed by atoms with Crippen LogP contribution in [0.2, 0.25) is 0 Å². The molecule has 0 spiro atoms. The molecule has 176 valence electrons. The third kappa shape index (κ3) is 4.12. The van der Waals surface area contributed by atoms with Crippen molar-refractivity contribution in [1.29, 1.82) is 0 Å². The van der Waals surface area contributed by atoms with Crippen LogP contribution in [0.4, 0.5) is 14.5 Å². The summed E-state index contributed by atoms with van der Waals surface area (Å²) in [5.41, 5.74) is 5.31. The van der Waals surface area contributed by atoms with E-state index < -0.39 is 28.9 Å². The Morgan fingerprint density at radius 2 is 1.80 bits per heavy atom. The summed E-state index contributed by atoms with van der Waals surface area (Å²) in [6, 6.07) is 13.9. The number of phenols is 1. The van der Waals surface area contributed by atoms with Gasteiger partial charge < -0.3 is 20.9 Å². The van der Waals surface area contributed by atoms with Crippen molar-refractivity contribution in [2.24, 2.45) is 11.1 Å². The minimum atomic E-state index is -1.27. The van der Waals surface area contributed by atoms with Crippen LogP contribution in [0.3, 0.4) is 0 Å². The van der Waals surface area contributed by atoms with Crippen LogP contribution in [-0.2, 0) is 9.59 Å². The van der Waals surface area contributed by atoms with Crippen LogP contribution >= 0.6 is 0 Å². The number of hydrogen-bond acceptors (Lipinski definition) is 5. The molecule has 0 unspecified atom stereocenters. The molecular weight excluding hydrogens is 456 g/mol. The number of halogens is 2. The van der Waals surface area contributed by atoms with E-state index in [2.05, 4.69) is 10.3 Å². The highest BCUT2D eigenvalue weighted by atomic mass is 19.1. The standard InChI is InChI=1S/C26H19F2N3O4/c27-15-2-5-20(31-25(34)26(8-9-26)24(29)33)18(12-15)14-1-6-23(19(28)11-14)35-22-7-10-30-21-13-16(32)3-4-17(21)22/h1-7,10-13,32H,8-9H2,(H2,29,33)(H,31,34). The van der Waals surface area contributed by atoms with Crippen molar-refractivity contribution in [3.8, 4) is 28.4 Å². The summed E-state index contributed by atoms with van der Waals surface area (Å²) >= 11 is 0. The number of rotatable bonds is 6. The number of nitrogens with two attached hydrogens (primary N) is 1. The van der Waals surface area contributed by atoms with Crippen molar-refractivity contribution in [2.75, 3.05) is 5.32 Å². The van der Waals surface area contributed by atoms with Gasteiger partial charge in [-0.2, -0.15) is 0 Å². The van der Waals surface area contributed by atoms with E-state index in [4.69, 9.17) is 10.5 Å². The molecule has 1 saturated carbocycles. The van der Waals surface area contributed by atoms with Crippen LogP contribution in [0.1, 0.15) is 12.8 Å². The smallest absolute Gasteiger partial charge is 0.240 e. The number of ether oxygens (including phenoxy) is 1. The number of carbonyl (C=O) groups is 2. The quantitative estimate of drug-likeness (QED) is 0.344. The zero-order valence-corrected chi connectivity index (χ0v) is 18.2. The predicted octanol–water partition coefficient (Wildman–Crippen LogP) is 4.88. The third-order valence-electron chi connectivity index (χ3n) is 6.04. The van der Waals surface area contributed by atoms with Gasteiger partial charge in [0.25, 0.3) is 0 Å². The largest absolute Gasteiger partial charge is 0.508 e. The number of anilines is 1.